The Kier molecular flexibility index (Phi) is 3.47. The summed E-state index contributed by atoms with van der Waals surface area (Å²) in [6.45, 7) is 7.18. The van der Waals surface area contributed by atoms with Gasteiger partial charge in [-0.1, -0.05) is 0 Å². The van der Waals surface area contributed by atoms with Crippen molar-refractivity contribution >= 4 is 12.9 Å². The third-order valence-corrected chi connectivity index (χ3v) is 2.69. The largest absolute Gasteiger partial charge is 0.427 e. The predicted molar refractivity (Wildman–Crippen MR) is 60.3 cm³/mol. The number of nitrogens with zero attached hydrogens (tertiary/aromatic N) is 2. The fourth-order valence-corrected chi connectivity index (χ4v) is 0.845. The minimum absolute atomic E-state index is 0.401. The molecule has 0 spiro atoms. The highest BCUT2D eigenvalue weighted by Gasteiger charge is 2.35. The zero-order valence-electron chi connectivity index (χ0n) is 9.69. The van der Waals surface area contributed by atoms with Crippen molar-refractivity contribution in [3.05, 3.63) is 18.7 Å². The second-order valence-corrected chi connectivity index (χ2v) is 4.60. The predicted octanol–water partition coefficient (Wildman–Crippen LogP) is 0.0195. The van der Waals surface area contributed by atoms with Gasteiger partial charge in [-0.05, 0) is 33.2 Å². The highest BCUT2D eigenvalue weighted by molar-refractivity contribution is 6.46. The van der Waals surface area contributed by atoms with Gasteiger partial charge in [0.25, 0.3) is 0 Å². The van der Waals surface area contributed by atoms with Crippen LogP contribution in [-0.2, 0) is 4.65 Å². The van der Waals surface area contributed by atoms with Gasteiger partial charge in [-0.3, -0.25) is 0 Å². The lowest BCUT2D eigenvalue weighted by Crippen LogP contribution is -2.49. The van der Waals surface area contributed by atoms with Crippen molar-refractivity contribution in [1.29, 1.82) is 0 Å². The maximum atomic E-state index is 9.87. The number of aromatic nitrogens is 2. The molecule has 0 aromatic carbocycles. The lowest BCUT2D eigenvalue weighted by molar-refractivity contribution is -0.0893. The molecule has 0 aliphatic rings. The fourth-order valence-electron chi connectivity index (χ4n) is 0.845. The lowest BCUT2D eigenvalue weighted by atomic mass is 9.84. The molecule has 1 N–H and O–H groups in total. The molecule has 0 aliphatic carbocycles. The Morgan fingerprint density at radius 1 is 1.20 bits per heavy atom. The summed E-state index contributed by atoms with van der Waals surface area (Å²) in [7, 11) is 0.401. The van der Waals surface area contributed by atoms with Crippen LogP contribution in [0.15, 0.2) is 18.7 Å². The van der Waals surface area contributed by atoms with Crippen LogP contribution < -0.4 is 5.46 Å². The molecule has 1 heterocycles. The van der Waals surface area contributed by atoms with Crippen molar-refractivity contribution in [2.45, 2.75) is 38.9 Å². The summed E-state index contributed by atoms with van der Waals surface area (Å²) >= 11 is 0. The molecule has 0 bridgehead atoms. The smallest absolute Gasteiger partial charge is 0.312 e. The van der Waals surface area contributed by atoms with Gasteiger partial charge in [0, 0.05) is 12.4 Å². The van der Waals surface area contributed by atoms with Crippen molar-refractivity contribution < 1.29 is 9.76 Å². The van der Waals surface area contributed by atoms with E-state index in [0.717, 1.165) is 5.46 Å². The molecule has 0 saturated heterocycles. The van der Waals surface area contributed by atoms with E-state index in [2.05, 4.69) is 9.97 Å². The van der Waals surface area contributed by atoms with Crippen LogP contribution in [0.4, 0.5) is 0 Å². The highest BCUT2D eigenvalue weighted by atomic mass is 16.5. The summed E-state index contributed by atoms with van der Waals surface area (Å²) < 4.78 is 5.65. The van der Waals surface area contributed by atoms with Crippen molar-refractivity contribution in [1.82, 2.24) is 9.97 Å². The molecule has 1 rings (SSSR count). The maximum Gasteiger partial charge on any atom is 0.312 e. The van der Waals surface area contributed by atoms with Crippen LogP contribution in [0.2, 0.25) is 0 Å². The standard InChI is InChI=1S/C10H17BN2O2/c1-9(2,14)10(3,4)15-11-8-5-12-7-13-6-8/h5-7,11,14H,1-4H3. The normalized spacial score (nSPS) is 12.6. The fraction of sp³-hybridized carbons (Fsp3) is 0.600. The molecule has 4 nitrogen and oxygen atoms in total. The van der Waals surface area contributed by atoms with Gasteiger partial charge in [-0.15, -0.1) is 0 Å². The number of aliphatic hydroxyl groups is 1. The molecule has 15 heavy (non-hydrogen) atoms. The van der Waals surface area contributed by atoms with Gasteiger partial charge >= 0.3 is 7.48 Å². The van der Waals surface area contributed by atoms with Crippen LogP contribution in [0, 0.1) is 0 Å². The van der Waals surface area contributed by atoms with E-state index in [0.29, 0.717) is 7.48 Å². The van der Waals surface area contributed by atoms with E-state index in [9.17, 15) is 5.11 Å². The highest BCUT2D eigenvalue weighted by Crippen LogP contribution is 2.23. The quantitative estimate of drug-likeness (QED) is 0.708. The SMILES string of the molecule is CC(C)(O)C(C)(C)OBc1cncnc1. The number of hydrogen-bond acceptors (Lipinski definition) is 4. The number of hydrogen-bond donors (Lipinski definition) is 1. The summed E-state index contributed by atoms with van der Waals surface area (Å²) in [6, 6.07) is 0. The van der Waals surface area contributed by atoms with Gasteiger partial charge < -0.3 is 9.76 Å². The van der Waals surface area contributed by atoms with Crippen LogP contribution >= 0.6 is 0 Å². The molecule has 0 fully saturated rings. The van der Waals surface area contributed by atoms with Gasteiger partial charge in [0.15, 0.2) is 0 Å². The summed E-state index contributed by atoms with van der Waals surface area (Å²) in [6.07, 6.45) is 4.88. The molecule has 0 atom stereocenters. The third kappa shape index (κ3) is 3.29. The van der Waals surface area contributed by atoms with E-state index in [1.165, 1.54) is 6.33 Å². The van der Waals surface area contributed by atoms with Gasteiger partial charge in [0.1, 0.15) is 6.33 Å². The summed E-state index contributed by atoms with van der Waals surface area (Å²) in [5.41, 5.74) is -0.597. The van der Waals surface area contributed by atoms with E-state index >= 15 is 0 Å². The van der Waals surface area contributed by atoms with E-state index in [1.807, 2.05) is 13.8 Å². The Morgan fingerprint density at radius 3 is 2.20 bits per heavy atom. The summed E-state index contributed by atoms with van der Waals surface area (Å²) in [5, 5.41) is 9.87. The average molecular weight is 208 g/mol. The lowest BCUT2D eigenvalue weighted by Gasteiger charge is -2.37. The second-order valence-electron chi connectivity index (χ2n) is 4.60. The molecule has 0 unspecified atom stereocenters. The van der Waals surface area contributed by atoms with Crippen molar-refractivity contribution in [2.24, 2.45) is 0 Å². The third-order valence-electron chi connectivity index (χ3n) is 2.69. The Hall–Kier alpha value is -0.935. The summed E-state index contributed by atoms with van der Waals surface area (Å²) in [4.78, 5) is 7.79. The monoisotopic (exact) mass is 208 g/mol. The molecule has 0 amide bonds. The minimum atomic E-state index is -0.886. The van der Waals surface area contributed by atoms with Crippen LogP contribution in [0.5, 0.6) is 0 Å². The maximum absolute atomic E-state index is 9.87. The van der Waals surface area contributed by atoms with Crippen molar-refractivity contribution in [3.63, 3.8) is 0 Å². The van der Waals surface area contributed by atoms with E-state index in [-0.39, 0.29) is 0 Å². The zero-order valence-corrected chi connectivity index (χ0v) is 9.69. The van der Waals surface area contributed by atoms with Gasteiger partial charge in [0.05, 0.1) is 11.2 Å². The van der Waals surface area contributed by atoms with Gasteiger partial charge in [0.2, 0.25) is 0 Å². The van der Waals surface area contributed by atoms with Crippen LogP contribution in [0.25, 0.3) is 0 Å². The minimum Gasteiger partial charge on any atom is -0.427 e. The second kappa shape index (κ2) is 4.29. The number of rotatable bonds is 4. The van der Waals surface area contributed by atoms with E-state index in [4.69, 9.17) is 4.65 Å². The molecular formula is C10H17BN2O2. The molecular weight excluding hydrogens is 191 g/mol. The van der Waals surface area contributed by atoms with Crippen LogP contribution in [0.1, 0.15) is 27.7 Å². The summed E-state index contributed by atoms with van der Waals surface area (Å²) in [5.74, 6) is 0. The molecule has 1 aromatic heterocycles. The molecule has 1 aromatic rings. The molecule has 5 heteroatoms. The topological polar surface area (TPSA) is 55.2 Å². The molecule has 0 radical (unpaired) electrons. The first-order valence-electron chi connectivity index (χ1n) is 4.93. The Labute approximate surface area is 91.0 Å². The Morgan fingerprint density at radius 2 is 1.73 bits per heavy atom. The van der Waals surface area contributed by atoms with Gasteiger partial charge in [-0.25, -0.2) is 9.97 Å². The van der Waals surface area contributed by atoms with Crippen molar-refractivity contribution in [3.8, 4) is 0 Å². The first-order chi connectivity index (χ1) is 6.83. The Bertz CT molecular complexity index is 309. The van der Waals surface area contributed by atoms with Crippen LogP contribution in [-0.4, -0.2) is 33.8 Å². The zero-order chi connectivity index (χ0) is 11.5. The van der Waals surface area contributed by atoms with Crippen molar-refractivity contribution in [2.75, 3.05) is 0 Å². The first-order valence-corrected chi connectivity index (χ1v) is 4.93. The first kappa shape index (κ1) is 12.1. The Balaban J connectivity index is 2.58. The molecule has 0 saturated carbocycles. The molecule has 0 aliphatic heterocycles. The molecule has 82 valence electrons. The van der Waals surface area contributed by atoms with E-state index < -0.39 is 11.2 Å². The van der Waals surface area contributed by atoms with Gasteiger partial charge in [-0.2, -0.15) is 0 Å². The van der Waals surface area contributed by atoms with Crippen LogP contribution in [0.3, 0.4) is 0 Å². The van der Waals surface area contributed by atoms with E-state index in [1.54, 1.807) is 26.2 Å². The average Bonchev–Trinajstić information content (AvgIpc) is 2.15.